The lowest BCUT2D eigenvalue weighted by molar-refractivity contribution is 0.0761. The van der Waals surface area contributed by atoms with Gasteiger partial charge < -0.3 is 4.90 Å². The molecule has 0 aliphatic heterocycles. The van der Waals surface area contributed by atoms with Crippen molar-refractivity contribution in [3.05, 3.63) is 35.1 Å². The molecule has 0 bridgehead atoms. The number of nitriles is 2. The Labute approximate surface area is 111 Å². The van der Waals surface area contributed by atoms with E-state index in [1.807, 2.05) is 12.1 Å². The van der Waals surface area contributed by atoms with Gasteiger partial charge in [0, 0.05) is 18.7 Å². The maximum absolute atomic E-state index is 13.0. The van der Waals surface area contributed by atoms with Crippen LogP contribution in [0.4, 0.5) is 4.39 Å². The Hall–Kier alpha value is -2.40. The highest BCUT2D eigenvalue weighted by Gasteiger charge is 2.17. The maximum atomic E-state index is 13.0. The van der Waals surface area contributed by atoms with E-state index in [4.69, 9.17) is 10.5 Å². The fourth-order valence-electron chi connectivity index (χ4n) is 1.72. The molecular formula is C14H14FN3O. The highest BCUT2D eigenvalue weighted by atomic mass is 19.1. The second-order valence-corrected chi connectivity index (χ2v) is 4.07. The van der Waals surface area contributed by atoms with Crippen molar-refractivity contribution in [3.63, 3.8) is 0 Å². The van der Waals surface area contributed by atoms with Gasteiger partial charge in [-0.3, -0.25) is 4.79 Å². The lowest BCUT2D eigenvalue weighted by Crippen LogP contribution is -2.33. The van der Waals surface area contributed by atoms with Crippen molar-refractivity contribution in [2.45, 2.75) is 19.8 Å². The first-order valence-corrected chi connectivity index (χ1v) is 5.89. The zero-order valence-corrected chi connectivity index (χ0v) is 10.7. The number of amides is 1. The molecular weight excluding hydrogens is 245 g/mol. The third kappa shape index (κ3) is 4.08. The standard InChI is InChI=1S/C14H14FN3O/c1-11-10-12(15)4-5-13(11)14(19)18(8-2-6-16)9-3-7-17/h4-5,10H,2-3,8-9H2,1H3. The molecule has 0 aromatic heterocycles. The molecule has 0 radical (unpaired) electrons. The number of nitrogens with zero attached hydrogens (tertiary/aromatic N) is 3. The molecule has 0 heterocycles. The van der Waals surface area contributed by atoms with Crippen LogP contribution >= 0.6 is 0 Å². The van der Waals surface area contributed by atoms with E-state index < -0.39 is 5.82 Å². The lowest BCUT2D eigenvalue weighted by Gasteiger charge is -2.21. The van der Waals surface area contributed by atoms with Crippen LogP contribution < -0.4 is 0 Å². The number of carbonyl (C=O) groups excluding carboxylic acids is 1. The summed E-state index contributed by atoms with van der Waals surface area (Å²) in [7, 11) is 0. The maximum Gasteiger partial charge on any atom is 0.254 e. The van der Waals surface area contributed by atoms with Crippen LogP contribution in [0.1, 0.15) is 28.8 Å². The Morgan fingerprint density at radius 2 is 1.84 bits per heavy atom. The number of hydrogen-bond donors (Lipinski definition) is 0. The third-order valence-corrected chi connectivity index (χ3v) is 2.69. The zero-order valence-electron chi connectivity index (χ0n) is 10.7. The number of rotatable bonds is 5. The summed E-state index contributed by atoms with van der Waals surface area (Å²) in [5.41, 5.74) is 0.946. The van der Waals surface area contributed by atoms with Crippen molar-refractivity contribution in [2.24, 2.45) is 0 Å². The second kappa shape index (κ2) is 7.13. The van der Waals surface area contributed by atoms with Crippen LogP contribution in [-0.4, -0.2) is 23.9 Å². The first-order valence-electron chi connectivity index (χ1n) is 5.89. The van der Waals surface area contributed by atoms with Gasteiger partial charge in [-0.1, -0.05) is 0 Å². The summed E-state index contributed by atoms with van der Waals surface area (Å²) in [6, 6.07) is 7.89. The second-order valence-electron chi connectivity index (χ2n) is 4.07. The summed E-state index contributed by atoms with van der Waals surface area (Å²) in [5.74, 6) is -0.669. The number of carbonyl (C=O) groups is 1. The van der Waals surface area contributed by atoms with Crippen LogP contribution in [-0.2, 0) is 0 Å². The molecule has 0 N–H and O–H groups in total. The van der Waals surface area contributed by atoms with Crippen LogP contribution in [0.25, 0.3) is 0 Å². The van der Waals surface area contributed by atoms with Gasteiger partial charge in [0.1, 0.15) is 5.82 Å². The van der Waals surface area contributed by atoms with Gasteiger partial charge in [-0.15, -0.1) is 0 Å². The summed E-state index contributed by atoms with van der Waals surface area (Å²) in [6.07, 6.45) is 0.412. The summed E-state index contributed by atoms with van der Waals surface area (Å²) in [6.45, 7) is 2.20. The fraction of sp³-hybridized carbons (Fsp3) is 0.357. The monoisotopic (exact) mass is 259 g/mol. The van der Waals surface area contributed by atoms with Crippen molar-refractivity contribution >= 4 is 5.91 Å². The minimum Gasteiger partial charge on any atom is -0.337 e. The highest BCUT2D eigenvalue weighted by Crippen LogP contribution is 2.13. The SMILES string of the molecule is Cc1cc(F)ccc1C(=O)N(CCC#N)CCC#N. The van der Waals surface area contributed by atoms with Gasteiger partial charge in [-0.25, -0.2) is 4.39 Å². The predicted molar refractivity (Wildman–Crippen MR) is 67.5 cm³/mol. The van der Waals surface area contributed by atoms with Gasteiger partial charge >= 0.3 is 0 Å². The first-order chi connectivity index (χ1) is 9.10. The summed E-state index contributed by atoms with van der Waals surface area (Å²) in [4.78, 5) is 13.7. The van der Waals surface area contributed by atoms with E-state index in [0.29, 0.717) is 11.1 Å². The molecule has 0 aliphatic carbocycles. The molecule has 1 rings (SSSR count). The molecule has 1 aromatic rings. The number of halogens is 1. The van der Waals surface area contributed by atoms with Gasteiger partial charge in [0.05, 0.1) is 25.0 Å². The van der Waals surface area contributed by atoms with Crippen molar-refractivity contribution in [3.8, 4) is 12.1 Å². The molecule has 98 valence electrons. The molecule has 0 saturated carbocycles. The van der Waals surface area contributed by atoms with Crippen LogP contribution in [0.15, 0.2) is 18.2 Å². The van der Waals surface area contributed by atoms with Crippen molar-refractivity contribution < 1.29 is 9.18 Å². The molecule has 0 saturated heterocycles. The molecule has 5 heteroatoms. The van der Waals surface area contributed by atoms with Gasteiger partial charge in [0.25, 0.3) is 5.91 Å². The van der Waals surface area contributed by atoms with Crippen molar-refractivity contribution in [1.82, 2.24) is 4.90 Å². The highest BCUT2D eigenvalue weighted by molar-refractivity contribution is 5.95. The van der Waals surface area contributed by atoms with Gasteiger partial charge in [0.15, 0.2) is 0 Å². The molecule has 0 unspecified atom stereocenters. The Kier molecular flexibility index (Phi) is 5.50. The number of aryl methyl sites for hydroxylation is 1. The third-order valence-electron chi connectivity index (χ3n) is 2.69. The Morgan fingerprint density at radius 3 is 2.32 bits per heavy atom. The summed E-state index contributed by atoms with van der Waals surface area (Å²) >= 11 is 0. The van der Waals surface area contributed by atoms with Crippen LogP contribution in [0.5, 0.6) is 0 Å². The van der Waals surface area contributed by atoms with Crippen LogP contribution in [0, 0.1) is 35.4 Å². The zero-order chi connectivity index (χ0) is 14.3. The minimum absolute atomic E-state index is 0.206. The fourth-order valence-corrected chi connectivity index (χ4v) is 1.72. The molecule has 1 aromatic carbocycles. The molecule has 4 nitrogen and oxygen atoms in total. The molecule has 1 amide bonds. The van der Waals surface area contributed by atoms with Crippen molar-refractivity contribution in [1.29, 1.82) is 10.5 Å². The molecule has 0 atom stereocenters. The van der Waals surface area contributed by atoms with E-state index in [0.717, 1.165) is 0 Å². The normalized spacial score (nSPS) is 9.47. The van der Waals surface area contributed by atoms with E-state index in [-0.39, 0.29) is 31.8 Å². The molecule has 0 aliphatic rings. The van der Waals surface area contributed by atoms with Gasteiger partial charge in [-0.05, 0) is 30.7 Å². The largest absolute Gasteiger partial charge is 0.337 e. The molecule has 0 fully saturated rings. The topological polar surface area (TPSA) is 67.9 Å². The first kappa shape index (κ1) is 14.7. The van der Waals surface area contributed by atoms with Gasteiger partial charge in [-0.2, -0.15) is 10.5 Å². The van der Waals surface area contributed by atoms with Crippen molar-refractivity contribution in [2.75, 3.05) is 13.1 Å². The van der Waals surface area contributed by atoms with Gasteiger partial charge in [0.2, 0.25) is 0 Å². The Bertz CT molecular complexity index is 525. The summed E-state index contributed by atoms with van der Waals surface area (Å²) in [5, 5.41) is 17.2. The number of hydrogen-bond acceptors (Lipinski definition) is 3. The van der Waals surface area contributed by atoms with E-state index in [9.17, 15) is 9.18 Å². The lowest BCUT2D eigenvalue weighted by atomic mass is 10.1. The molecule has 19 heavy (non-hydrogen) atoms. The van der Waals surface area contributed by atoms with E-state index >= 15 is 0 Å². The van der Waals surface area contributed by atoms with Crippen LogP contribution in [0.2, 0.25) is 0 Å². The van der Waals surface area contributed by atoms with E-state index in [2.05, 4.69) is 0 Å². The molecule has 0 spiro atoms. The van der Waals surface area contributed by atoms with E-state index in [1.54, 1.807) is 6.92 Å². The van der Waals surface area contributed by atoms with Crippen LogP contribution in [0.3, 0.4) is 0 Å². The summed E-state index contributed by atoms with van der Waals surface area (Å²) < 4.78 is 13.0. The van der Waals surface area contributed by atoms with E-state index in [1.165, 1.54) is 23.1 Å². The Morgan fingerprint density at radius 1 is 1.26 bits per heavy atom. The smallest absolute Gasteiger partial charge is 0.254 e. The predicted octanol–water partition coefficient (Wildman–Crippen LogP) is 2.40. The quantitative estimate of drug-likeness (QED) is 0.815. The minimum atomic E-state index is -0.394. The average molecular weight is 259 g/mol. The average Bonchev–Trinajstić information content (AvgIpc) is 2.38. The Balaban J connectivity index is 2.91. The number of benzene rings is 1.